The van der Waals surface area contributed by atoms with Crippen LogP contribution in [-0.2, 0) is 16.1 Å². The van der Waals surface area contributed by atoms with Gasteiger partial charge in [0, 0.05) is 60.9 Å². The summed E-state index contributed by atoms with van der Waals surface area (Å²) in [5.74, 6) is -1.15. The Hall–Kier alpha value is -6.63. The zero-order chi connectivity index (χ0) is 36.5. The molecule has 0 radical (unpaired) electrons. The van der Waals surface area contributed by atoms with Crippen LogP contribution in [0.5, 0.6) is 5.88 Å². The maximum atomic E-state index is 15.0. The number of hydrogen-bond donors (Lipinski definition) is 3. The first-order chi connectivity index (χ1) is 25.9. The number of carbonyl (C=O) groups is 2. The number of H-pyrrole nitrogens is 2. The van der Waals surface area contributed by atoms with Crippen molar-refractivity contribution in [3.05, 3.63) is 135 Å². The zero-order valence-electron chi connectivity index (χ0n) is 28.5. The second-order valence-corrected chi connectivity index (χ2v) is 13.0. The van der Waals surface area contributed by atoms with Crippen LogP contribution in [-0.4, -0.2) is 86.1 Å². The molecule has 0 unspecified atom stereocenters. The fraction of sp³-hybridized carbons (Fsp3) is 0.200. The Labute approximate surface area is 302 Å². The van der Waals surface area contributed by atoms with E-state index >= 15 is 0 Å². The highest BCUT2D eigenvalue weighted by molar-refractivity contribution is 6.58. The van der Waals surface area contributed by atoms with Crippen LogP contribution in [0.2, 0.25) is 0 Å². The normalized spacial score (nSPS) is 14.9. The van der Waals surface area contributed by atoms with Crippen LogP contribution < -0.4 is 5.56 Å². The monoisotopic (exact) mass is 711 g/mol. The third kappa shape index (κ3) is 6.52. The van der Waals surface area contributed by atoms with Crippen LogP contribution >= 0.6 is 0 Å². The summed E-state index contributed by atoms with van der Waals surface area (Å²) in [4.78, 5) is 55.4. The number of amides is 2. The van der Waals surface area contributed by atoms with Gasteiger partial charge in [-0.3, -0.25) is 14.4 Å². The van der Waals surface area contributed by atoms with Crippen molar-refractivity contribution in [3.63, 3.8) is 0 Å². The molecule has 3 N–H and O–H groups in total. The van der Waals surface area contributed by atoms with Crippen molar-refractivity contribution in [2.75, 3.05) is 32.8 Å². The number of piperazine rings is 1. The molecule has 0 saturated carbocycles. The molecule has 12 nitrogen and oxygen atoms in total. The summed E-state index contributed by atoms with van der Waals surface area (Å²) in [7, 11) is 0. The van der Waals surface area contributed by atoms with Gasteiger partial charge in [-0.05, 0) is 42.3 Å². The van der Waals surface area contributed by atoms with E-state index in [1.54, 1.807) is 28.0 Å². The van der Waals surface area contributed by atoms with E-state index in [4.69, 9.17) is 9.83 Å². The maximum Gasteiger partial charge on any atom is 0.272 e. The first kappa shape index (κ1) is 33.5. The lowest BCUT2D eigenvalue weighted by atomic mass is 10.0. The molecule has 2 aliphatic rings. The quantitative estimate of drug-likeness (QED) is 0.134. The first-order valence-electron chi connectivity index (χ1n) is 17.4. The lowest BCUT2D eigenvalue weighted by molar-refractivity contribution is -0.133. The Morgan fingerprint density at radius 2 is 1.60 bits per heavy atom. The number of carbonyl (C=O) groups excluding carboxylic acids is 2. The predicted molar refractivity (Wildman–Crippen MR) is 198 cm³/mol. The summed E-state index contributed by atoms with van der Waals surface area (Å²) < 4.78 is 15.0. The molecule has 13 heteroatoms. The Morgan fingerprint density at radius 1 is 0.887 bits per heavy atom. The number of aromatic hydroxyl groups is 1. The minimum Gasteiger partial charge on any atom is -0.494 e. The van der Waals surface area contributed by atoms with E-state index in [0.29, 0.717) is 64.9 Å². The van der Waals surface area contributed by atoms with Gasteiger partial charge in [-0.15, -0.1) is 0 Å². The van der Waals surface area contributed by atoms with E-state index in [1.165, 1.54) is 12.1 Å². The van der Waals surface area contributed by atoms with Crippen molar-refractivity contribution in [2.45, 2.75) is 19.3 Å². The van der Waals surface area contributed by atoms with Crippen LogP contribution in [0.15, 0.2) is 106 Å². The molecule has 0 aliphatic carbocycles. The minimum absolute atomic E-state index is 0.00879. The highest BCUT2D eigenvalue weighted by Crippen LogP contribution is 2.35. The molecular formula is C40H34FN7O5. The van der Waals surface area contributed by atoms with E-state index in [1.807, 2.05) is 60.7 Å². The molecule has 2 aliphatic heterocycles. The molecule has 1 fully saturated rings. The number of nitrogens with one attached hydrogen (secondary N) is 2. The van der Waals surface area contributed by atoms with E-state index in [-0.39, 0.29) is 49.0 Å². The number of fused-ring (bicyclic) bond motifs is 3. The number of rotatable bonds is 9. The molecular weight excluding hydrogens is 677 g/mol. The summed E-state index contributed by atoms with van der Waals surface area (Å²) in [6.45, 7) is 1.38. The molecule has 0 spiro atoms. The smallest absolute Gasteiger partial charge is 0.272 e. The second-order valence-electron chi connectivity index (χ2n) is 13.0. The van der Waals surface area contributed by atoms with Crippen molar-refractivity contribution in [1.29, 1.82) is 0 Å². The van der Waals surface area contributed by atoms with Crippen molar-refractivity contribution in [2.24, 2.45) is 10.1 Å². The Kier molecular flexibility index (Phi) is 8.96. The van der Waals surface area contributed by atoms with Gasteiger partial charge in [0.2, 0.25) is 5.91 Å². The summed E-state index contributed by atoms with van der Waals surface area (Å²) in [6.07, 6.45) is 0.939. The van der Waals surface area contributed by atoms with E-state index < -0.39 is 11.7 Å². The fourth-order valence-corrected chi connectivity index (χ4v) is 6.94. The third-order valence-electron chi connectivity index (χ3n) is 9.65. The number of benzene rings is 4. The summed E-state index contributed by atoms with van der Waals surface area (Å²) in [5.41, 5.74) is 4.76. The summed E-state index contributed by atoms with van der Waals surface area (Å²) >= 11 is 0. The molecule has 6 aromatic rings. The van der Waals surface area contributed by atoms with E-state index in [2.05, 4.69) is 20.3 Å². The largest absolute Gasteiger partial charge is 0.494 e. The molecule has 266 valence electrons. The van der Waals surface area contributed by atoms with Gasteiger partial charge in [0.1, 0.15) is 23.8 Å². The lowest BCUT2D eigenvalue weighted by Gasteiger charge is -2.35. The van der Waals surface area contributed by atoms with Crippen molar-refractivity contribution >= 4 is 50.6 Å². The number of oxime groups is 1. The molecule has 0 atom stereocenters. The van der Waals surface area contributed by atoms with Gasteiger partial charge >= 0.3 is 0 Å². The second kappa shape index (κ2) is 14.2. The Bertz CT molecular complexity index is 2520. The van der Waals surface area contributed by atoms with Gasteiger partial charge in [-0.2, -0.15) is 5.10 Å². The van der Waals surface area contributed by atoms with Crippen LogP contribution in [0.1, 0.15) is 45.6 Å². The molecule has 4 aromatic carbocycles. The van der Waals surface area contributed by atoms with Gasteiger partial charge in [0.15, 0.2) is 5.88 Å². The number of aromatic amines is 2. The molecule has 2 aromatic heterocycles. The van der Waals surface area contributed by atoms with Crippen molar-refractivity contribution < 1.29 is 23.9 Å². The molecule has 4 heterocycles. The molecule has 0 bridgehead atoms. The summed E-state index contributed by atoms with van der Waals surface area (Å²) in [5, 5.41) is 23.9. The van der Waals surface area contributed by atoms with Gasteiger partial charge in [-0.25, -0.2) is 14.5 Å². The summed E-state index contributed by atoms with van der Waals surface area (Å²) in [6, 6.07) is 26.6. The maximum absolute atomic E-state index is 15.0. The zero-order valence-corrected chi connectivity index (χ0v) is 28.5. The Morgan fingerprint density at radius 3 is 2.43 bits per heavy atom. The van der Waals surface area contributed by atoms with Crippen LogP contribution in [0.3, 0.4) is 0 Å². The Balaban J connectivity index is 0.859. The number of halogens is 1. The highest BCUT2D eigenvalue weighted by Gasteiger charge is 2.30. The van der Waals surface area contributed by atoms with E-state index in [0.717, 1.165) is 22.2 Å². The number of hydrogen-bond acceptors (Lipinski definition) is 8. The van der Waals surface area contributed by atoms with Crippen LogP contribution in [0, 0.1) is 5.82 Å². The average Bonchev–Trinajstić information content (AvgIpc) is 3.72. The van der Waals surface area contributed by atoms with Crippen molar-refractivity contribution in [3.8, 4) is 5.88 Å². The molecule has 2 amide bonds. The van der Waals surface area contributed by atoms with E-state index in [9.17, 15) is 23.9 Å². The number of para-hydroxylation sites is 2. The van der Waals surface area contributed by atoms with Crippen LogP contribution in [0.4, 0.5) is 10.1 Å². The number of aromatic nitrogens is 3. The number of nitrogens with zero attached hydrogens (tertiary/aromatic N) is 5. The first-order valence-corrected chi connectivity index (χ1v) is 17.4. The van der Waals surface area contributed by atoms with Gasteiger partial charge in [-0.1, -0.05) is 65.8 Å². The standard InChI is InChI=1S/C40H34FN7O5/c41-30-16-15-24(23-33-25-8-1-2-9-26(25)38(50)45-44-33)22-29(30)40(52)48-19-17-47(18-20-48)34(49)14-7-21-53-46-36-28-11-4-6-13-32(28)42-37(36)35-27-10-3-5-12-31(27)43-39(35)51/h1-6,8-13,15-16,22,43,51H,7,14,17-21,23H2,(H,45,50)/b46-36+. The average molecular weight is 712 g/mol. The van der Waals surface area contributed by atoms with Crippen molar-refractivity contribution in [1.82, 2.24) is 25.0 Å². The minimum atomic E-state index is -0.627. The molecule has 53 heavy (non-hydrogen) atoms. The highest BCUT2D eigenvalue weighted by atomic mass is 19.1. The molecule has 8 rings (SSSR count). The van der Waals surface area contributed by atoms with Gasteiger partial charge < -0.3 is 24.7 Å². The van der Waals surface area contributed by atoms with Gasteiger partial charge in [0.05, 0.1) is 27.9 Å². The lowest BCUT2D eigenvalue weighted by Crippen LogP contribution is -2.50. The predicted octanol–water partition coefficient (Wildman–Crippen LogP) is 5.46. The number of aliphatic imine (C=N–C) groups is 1. The fourth-order valence-electron chi connectivity index (χ4n) is 6.94. The van der Waals surface area contributed by atoms with Gasteiger partial charge in [0.25, 0.3) is 11.5 Å². The third-order valence-corrected chi connectivity index (χ3v) is 9.65. The molecule has 1 saturated heterocycles. The topological polar surface area (TPSA) is 156 Å². The van der Waals surface area contributed by atoms with Crippen LogP contribution in [0.25, 0.3) is 21.7 Å². The SMILES string of the molecule is O=C(CCCO/N=C1/C(c2c(O)[nH]c3ccccc23)=Nc2ccccc21)N1CCN(C(=O)c2cc(Cc3n[nH]c(=O)c4ccccc34)ccc2F)CC1.